The number of H-pyrrole nitrogens is 1. The maximum absolute atomic E-state index is 13.4. The van der Waals surface area contributed by atoms with E-state index in [2.05, 4.69) is 15.1 Å². The molecule has 1 N–H and O–H groups in total. The predicted molar refractivity (Wildman–Crippen MR) is 107 cm³/mol. The van der Waals surface area contributed by atoms with Gasteiger partial charge < -0.3 is 14.1 Å². The fourth-order valence-corrected chi connectivity index (χ4v) is 2.75. The number of nitrogens with one attached hydrogen (secondary N) is 1. The van der Waals surface area contributed by atoms with Gasteiger partial charge in [0.2, 0.25) is 5.89 Å². The summed E-state index contributed by atoms with van der Waals surface area (Å²) in [5.74, 6) is -2.69. The van der Waals surface area contributed by atoms with Crippen LogP contribution >= 0.6 is 0 Å². The molecule has 2 aromatic carbocycles. The van der Waals surface area contributed by atoms with E-state index in [4.69, 9.17) is 9.15 Å². The molecule has 0 atom stereocenters. The van der Waals surface area contributed by atoms with Gasteiger partial charge in [0.15, 0.2) is 18.4 Å². The van der Waals surface area contributed by atoms with Gasteiger partial charge in [-0.15, -0.1) is 5.10 Å². The molecule has 4 aromatic rings. The van der Waals surface area contributed by atoms with Crippen LogP contribution in [0.15, 0.2) is 45.6 Å². The normalized spacial score (nSPS) is 11.8. The van der Waals surface area contributed by atoms with Crippen molar-refractivity contribution < 1.29 is 22.7 Å². The van der Waals surface area contributed by atoms with E-state index in [-0.39, 0.29) is 12.6 Å². The van der Waals surface area contributed by atoms with Crippen LogP contribution in [0.3, 0.4) is 0 Å². The minimum atomic E-state index is -0.973. The van der Waals surface area contributed by atoms with Crippen molar-refractivity contribution in [1.29, 1.82) is 0 Å². The molecular weight excluding hydrogens is 410 g/mol. The number of halogens is 2. The van der Waals surface area contributed by atoms with E-state index in [9.17, 15) is 18.4 Å². The van der Waals surface area contributed by atoms with Crippen LogP contribution in [-0.2, 0) is 16.3 Å². The number of nitrogens with zero attached hydrogens (tertiary/aromatic N) is 3. The van der Waals surface area contributed by atoms with E-state index in [1.165, 1.54) is 0 Å². The van der Waals surface area contributed by atoms with Crippen molar-refractivity contribution >= 4 is 17.0 Å². The third-order valence-corrected chi connectivity index (χ3v) is 4.47. The highest BCUT2D eigenvalue weighted by Crippen LogP contribution is 2.25. The van der Waals surface area contributed by atoms with Gasteiger partial charge in [0.25, 0.3) is 0 Å². The van der Waals surface area contributed by atoms with Gasteiger partial charge in [0.05, 0.1) is 16.4 Å². The van der Waals surface area contributed by atoms with Gasteiger partial charge in [0, 0.05) is 23.3 Å². The molecule has 2 aromatic heterocycles. The predicted octanol–water partition coefficient (Wildman–Crippen LogP) is 3.87. The molecule has 0 fully saturated rings. The minimum absolute atomic E-state index is 0.0529. The zero-order valence-electron chi connectivity index (χ0n) is 16.9. The van der Waals surface area contributed by atoms with Crippen LogP contribution < -0.4 is 5.76 Å². The highest BCUT2D eigenvalue weighted by atomic mass is 19.2. The zero-order valence-corrected chi connectivity index (χ0v) is 16.9. The Bertz CT molecular complexity index is 1290. The summed E-state index contributed by atoms with van der Waals surface area (Å²) in [7, 11) is 0. The van der Waals surface area contributed by atoms with E-state index in [1.807, 2.05) is 0 Å². The van der Waals surface area contributed by atoms with Crippen molar-refractivity contribution in [2.75, 3.05) is 0 Å². The van der Waals surface area contributed by atoms with Crippen LogP contribution in [0.5, 0.6) is 0 Å². The van der Waals surface area contributed by atoms with Gasteiger partial charge in [0.1, 0.15) is 5.82 Å². The number of fused-ring (bicyclic) bond motifs is 1. The number of aromatic nitrogens is 4. The second-order valence-corrected chi connectivity index (χ2v) is 7.93. The molecule has 0 spiro atoms. The molecule has 31 heavy (non-hydrogen) atoms. The minimum Gasteiger partial charge on any atom is -0.442 e. The van der Waals surface area contributed by atoms with Crippen LogP contribution in [0.1, 0.15) is 20.8 Å². The maximum Gasteiger partial charge on any atom is 0.440 e. The Kier molecular flexibility index (Phi) is 4.92. The Morgan fingerprint density at radius 2 is 1.77 bits per heavy atom. The number of carbonyl (C=O) groups excluding carboxylic acids is 1. The molecule has 0 aliphatic rings. The first-order valence-corrected chi connectivity index (χ1v) is 9.32. The average molecular weight is 428 g/mol. The molecule has 10 heteroatoms. The summed E-state index contributed by atoms with van der Waals surface area (Å²) in [6, 6.07) is 8.76. The smallest absolute Gasteiger partial charge is 0.440 e. The molecular formula is C21H18F2N4O4. The quantitative estimate of drug-likeness (QED) is 0.495. The lowest BCUT2D eigenvalue weighted by atomic mass is 9.98. The molecule has 2 heterocycles. The fourth-order valence-electron chi connectivity index (χ4n) is 2.75. The second kappa shape index (κ2) is 7.46. The standard InChI is InChI=1S/C21H18F2N4O4/c1-21(2,3)19(28)30-10-27-20(29)31-18(26-27)12-6-4-11(5-7-12)17-24-15-8-13(22)14(23)9-16(15)25-17/h4-9H,10H2,1-3H3,(H,24,25). The number of imidazole rings is 1. The van der Waals surface area contributed by atoms with Gasteiger partial charge in [-0.25, -0.2) is 18.6 Å². The molecule has 0 amide bonds. The van der Waals surface area contributed by atoms with Crippen LogP contribution in [0, 0.1) is 17.0 Å². The highest BCUT2D eigenvalue weighted by molar-refractivity contribution is 5.80. The van der Waals surface area contributed by atoms with Gasteiger partial charge in [-0.1, -0.05) is 12.1 Å². The monoisotopic (exact) mass is 428 g/mol. The van der Waals surface area contributed by atoms with Crippen LogP contribution in [0.25, 0.3) is 33.9 Å². The fraction of sp³-hybridized carbons (Fsp3) is 0.238. The van der Waals surface area contributed by atoms with E-state index < -0.39 is 28.8 Å². The summed E-state index contributed by atoms with van der Waals surface area (Å²) >= 11 is 0. The van der Waals surface area contributed by atoms with E-state index >= 15 is 0 Å². The molecule has 0 saturated heterocycles. The van der Waals surface area contributed by atoms with E-state index in [0.29, 0.717) is 28.0 Å². The summed E-state index contributed by atoms with van der Waals surface area (Å²) < 4.78 is 37.9. The van der Waals surface area contributed by atoms with Crippen molar-refractivity contribution in [3.63, 3.8) is 0 Å². The van der Waals surface area contributed by atoms with Crippen molar-refractivity contribution in [2.45, 2.75) is 27.5 Å². The summed E-state index contributed by atoms with van der Waals surface area (Å²) in [6.45, 7) is 4.73. The Balaban J connectivity index is 1.55. The van der Waals surface area contributed by atoms with E-state index in [0.717, 1.165) is 16.8 Å². The molecule has 0 aliphatic carbocycles. The zero-order chi connectivity index (χ0) is 22.3. The van der Waals surface area contributed by atoms with Crippen molar-refractivity contribution in [1.82, 2.24) is 19.7 Å². The highest BCUT2D eigenvalue weighted by Gasteiger charge is 2.23. The number of esters is 1. The number of benzene rings is 2. The first-order chi connectivity index (χ1) is 14.6. The first-order valence-electron chi connectivity index (χ1n) is 9.32. The summed E-state index contributed by atoms with van der Waals surface area (Å²) in [5.41, 5.74) is 1.12. The van der Waals surface area contributed by atoms with Gasteiger partial charge in [-0.3, -0.25) is 4.79 Å². The van der Waals surface area contributed by atoms with Crippen molar-refractivity contribution in [3.05, 3.63) is 58.6 Å². The number of rotatable bonds is 4. The van der Waals surface area contributed by atoms with Crippen LogP contribution in [0.4, 0.5) is 8.78 Å². The molecule has 0 unspecified atom stereocenters. The molecule has 4 rings (SSSR count). The van der Waals surface area contributed by atoms with Crippen molar-refractivity contribution in [2.24, 2.45) is 5.41 Å². The number of ether oxygens (including phenoxy) is 1. The SMILES string of the molecule is CC(C)(C)C(=O)OCn1nc(-c2ccc(-c3nc4cc(F)c(F)cc4[nH]3)cc2)oc1=O. The number of hydrogen-bond donors (Lipinski definition) is 1. The van der Waals surface area contributed by atoms with Gasteiger partial charge in [-0.05, 0) is 32.9 Å². The molecule has 0 bridgehead atoms. The van der Waals surface area contributed by atoms with Gasteiger partial charge >= 0.3 is 11.7 Å². The molecule has 160 valence electrons. The lowest BCUT2D eigenvalue weighted by Crippen LogP contribution is -2.27. The topological polar surface area (TPSA) is 103 Å². The van der Waals surface area contributed by atoms with Crippen LogP contribution in [-0.4, -0.2) is 25.7 Å². The molecule has 0 saturated carbocycles. The van der Waals surface area contributed by atoms with Gasteiger partial charge in [-0.2, -0.15) is 4.68 Å². The molecule has 0 radical (unpaired) electrons. The summed E-state index contributed by atoms with van der Waals surface area (Å²) in [4.78, 5) is 31.0. The maximum atomic E-state index is 13.4. The number of carbonyl (C=O) groups is 1. The number of aromatic amines is 1. The number of hydrogen-bond acceptors (Lipinski definition) is 6. The third kappa shape index (κ3) is 4.09. The first kappa shape index (κ1) is 20.5. The Hall–Kier alpha value is -3.82. The van der Waals surface area contributed by atoms with Crippen molar-refractivity contribution in [3.8, 4) is 22.8 Å². The molecule has 8 nitrogen and oxygen atoms in total. The lowest BCUT2D eigenvalue weighted by Gasteiger charge is -2.15. The summed E-state index contributed by atoms with van der Waals surface area (Å²) in [5, 5.41) is 4.04. The largest absolute Gasteiger partial charge is 0.442 e. The second-order valence-electron chi connectivity index (χ2n) is 7.93. The Morgan fingerprint density at radius 3 is 2.45 bits per heavy atom. The summed E-state index contributed by atoms with van der Waals surface area (Å²) in [6.07, 6.45) is 0. The lowest BCUT2D eigenvalue weighted by molar-refractivity contribution is -0.157. The Morgan fingerprint density at radius 1 is 1.13 bits per heavy atom. The Labute approximate surface area is 174 Å². The average Bonchev–Trinajstić information content (AvgIpc) is 3.29. The van der Waals surface area contributed by atoms with Crippen LogP contribution in [0.2, 0.25) is 0 Å². The third-order valence-electron chi connectivity index (χ3n) is 4.47. The molecule has 0 aliphatic heterocycles. The van der Waals surface area contributed by atoms with E-state index in [1.54, 1.807) is 45.0 Å².